The molecule has 4 nitrogen and oxygen atoms in total. The van der Waals surface area contributed by atoms with Crippen LogP contribution in [0.25, 0.3) is 10.2 Å². The lowest BCUT2D eigenvalue weighted by Crippen LogP contribution is -2.10. The minimum absolute atomic E-state index is 0.0162. The molecule has 0 aliphatic heterocycles. The molecule has 0 amide bonds. The molecule has 1 N–H and O–H groups in total. The van der Waals surface area contributed by atoms with Crippen molar-refractivity contribution in [3.63, 3.8) is 0 Å². The van der Waals surface area contributed by atoms with Gasteiger partial charge in [0.05, 0.1) is 21.8 Å². The third kappa shape index (κ3) is 2.43. The van der Waals surface area contributed by atoms with Crippen molar-refractivity contribution in [2.24, 2.45) is 0 Å². The van der Waals surface area contributed by atoms with Gasteiger partial charge in [-0.25, -0.2) is 0 Å². The van der Waals surface area contributed by atoms with Crippen molar-refractivity contribution < 1.29 is 5.11 Å². The normalized spacial score (nSPS) is 12.2. The Morgan fingerprint density at radius 2 is 1.91 bits per heavy atom. The summed E-state index contributed by atoms with van der Waals surface area (Å²) in [5, 5.41) is 19.3. The van der Waals surface area contributed by atoms with Gasteiger partial charge >= 0.3 is 4.87 Å². The minimum Gasteiger partial charge on any atom is -0.384 e. The molecule has 1 aromatic heterocycles. The lowest BCUT2D eigenvalue weighted by molar-refractivity contribution is 0.220. The average Bonchev–Trinajstić information content (AvgIpc) is 2.88. The van der Waals surface area contributed by atoms with Gasteiger partial charge in [-0.3, -0.25) is 9.36 Å². The van der Waals surface area contributed by atoms with Gasteiger partial charge in [-0.05, 0) is 42.3 Å². The first kappa shape index (κ1) is 14.5. The van der Waals surface area contributed by atoms with E-state index in [0.717, 1.165) is 21.3 Å². The zero-order valence-corrected chi connectivity index (χ0v) is 12.8. The lowest BCUT2D eigenvalue weighted by atomic mass is 10.0. The maximum atomic E-state index is 11.9. The smallest absolute Gasteiger partial charge is 0.308 e. The van der Waals surface area contributed by atoms with E-state index in [1.165, 1.54) is 11.3 Å². The van der Waals surface area contributed by atoms with E-state index >= 15 is 0 Å². The van der Waals surface area contributed by atoms with Crippen molar-refractivity contribution in [3.8, 4) is 6.07 Å². The summed E-state index contributed by atoms with van der Waals surface area (Å²) in [4.78, 5) is 11.9. The molecule has 0 saturated heterocycles. The van der Waals surface area contributed by atoms with E-state index in [4.69, 9.17) is 5.26 Å². The van der Waals surface area contributed by atoms with Crippen LogP contribution in [-0.2, 0) is 6.54 Å². The highest BCUT2D eigenvalue weighted by Crippen LogP contribution is 2.27. The fourth-order valence-corrected chi connectivity index (χ4v) is 3.49. The second kappa shape index (κ2) is 5.76. The number of aromatic nitrogens is 1. The summed E-state index contributed by atoms with van der Waals surface area (Å²) in [5.41, 5.74) is 2.92. The standard InChI is InChI=1S/C17H14N2O2S/c1-2-19-14-8-7-13(9-15(14)22-17(19)21)16(20)12-5-3-11(10-18)4-6-12/h3-9,16,20H,2H2,1H3. The molecule has 0 aliphatic carbocycles. The summed E-state index contributed by atoms with van der Waals surface area (Å²) in [6.45, 7) is 2.57. The highest BCUT2D eigenvalue weighted by atomic mass is 32.1. The first-order valence-electron chi connectivity index (χ1n) is 6.95. The summed E-state index contributed by atoms with van der Waals surface area (Å²) in [6, 6.07) is 14.5. The van der Waals surface area contributed by atoms with Gasteiger partial charge < -0.3 is 5.11 Å². The Hall–Kier alpha value is -2.42. The first-order valence-corrected chi connectivity index (χ1v) is 7.77. The SMILES string of the molecule is CCn1c(=O)sc2cc(C(O)c3ccc(C#N)cc3)ccc21. The number of nitrogens with zero attached hydrogens (tertiary/aromatic N) is 2. The molecule has 22 heavy (non-hydrogen) atoms. The molecule has 1 unspecified atom stereocenters. The minimum atomic E-state index is -0.774. The van der Waals surface area contributed by atoms with Crippen molar-refractivity contribution >= 4 is 21.6 Å². The monoisotopic (exact) mass is 310 g/mol. The van der Waals surface area contributed by atoms with Crippen LogP contribution in [0, 0.1) is 11.3 Å². The van der Waals surface area contributed by atoms with Gasteiger partial charge in [-0.15, -0.1) is 0 Å². The summed E-state index contributed by atoms with van der Waals surface area (Å²) >= 11 is 1.19. The molecule has 5 heteroatoms. The number of fused-ring (bicyclic) bond motifs is 1. The number of hydrogen-bond donors (Lipinski definition) is 1. The Morgan fingerprint density at radius 3 is 2.55 bits per heavy atom. The predicted octanol–water partition coefficient (Wildman–Crippen LogP) is 3.04. The maximum Gasteiger partial charge on any atom is 0.308 e. The number of aliphatic hydroxyl groups is 1. The molecule has 0 saturated carbocycles. The van der Waals surface area contributed by atoms with Crippen LogP contribution in [0.15, 0.2) is 47.3 Å². The Kier molecular flexibility index (Phi) is 3.80. The van der Waals surface area contributed by atoms with E-state index in [1.54, 1.807) is 28.8 Å². The van der Waals surface area contributed by atoms with Crippen LogP contribution in [-0.4, -0.2) is 9.67 Å². The van der Waals surface area contributed by atoms with Crippen molar-refractivity contribution in [3.05, 3.63) is 68.8 Å². The molecule has 0 radical (unpaired) electrons. The van der Waals surface area contributed by atoms with E-state index < -0.39 is 6.10 Å². The third-order valence-corrected chi connectivity index (χ3v) is 4.62. The quantitative estimate of drug-likeness (QED) is 0.808. The van der Waals surface area contributed by atoms with E-state index in [1.807, 2.05) is 25.1 Å². The Labute approximate surface area is 131 Å². The molecular weight excluding hydrogens is 296 g/mol. The molecule has 2 aromatic carbocycles. The number of rotatable bonds is 3. The maximum absolute atomic E-state index is 11.9. The van der Waals surface area contributed by atoms with Crippen LogP contribution in [0.5, 0.6) is 0 Å². The van der Waals surface area contributed by atoms with Crippen LogP contribution in [0.3, 0.4) is 0 Å². The summed E-state index contributed by atoms with van der Waals surface area (Å²) in [5.74, 6) is 0. The fraction of sp³-hybridized carbons (Fsp3) is 0.176. The topological polar surface area (TPSA) is 66.0 Å². The zero-order valence-electron chi connectivity index (χ0n) is 12.0. The molecule has 0 spiro atoms. The molecule has 110 valence electrons. The predicted molar refractivity (Wildman–Crippen MR) is 87.0 cm³/mol. The van der Waals surface area contributed by atoms with Gasteiger partial charge in [0.25, 0.3) is 0 Å². The number of aliphatic hydroxyl groups excluding tert-OH is 1. The van der Waals surface area contributed by atoms with E-state index in [2.05, 4.69) is 6.07 Å². The molecule has 0 fully saturated rings. The molecule has 0 bridgehead atoms. The first-order chi connectivity index (χ1) is 10.6. The summed E-state index contributed by atoms with van der Waals surface area (Å²) < 4.78 is 2.59. The number of aryl methyl sites for hydroxylation is 1. The van der Waals surface area contributed by atoms with Crippen LogP contribution >= 0.6 is 11.3 Å². The summed E-state index contributed by atoms with van der Waals surface area (Å²) in [6.07, 6.45) is -0.774. The van der Waals surface area contributed by atoms with Crippen molar-refractivity contribution in [2.45, 2.75) is 19.6 Å². The second-order valence-electron chi connectivity index (χ2n) is 4.98. The van der Waals surface area contributed by atoms with Crippen molar-refractivity contribution in [1.29, 1.82) is 5.26 Å². The van der Waals surface area contributed by atoms with E-state index in [9.17, 15) is 9.90 Å². The fourth-order valence-electron chi connectivity index (χ4n) is 2.48. The van der Waals surface area contributed by atoms with Crippen LogP contribution < -0.4 is 4.87 Å². The number of thiazole rings is 1. The lowest BCUT2D eigenvalue weighted by Gasteiger charge is -2.12. The van der Waals surface area contributed by atoms with Crippen LogP contribution in [0.4, 0.5) is 0 Å². The molecular formula is C17H14N2O2S. The Bertz CT molecular complexity index is 916. The van der Waals surface area contributed by atoms with Gasteiger partial charge in [0.15, 0.2) is 0 Å². The molecule has 0 aliphatic rings. The molecule has 3 aromatic rings. The zero-order chi connectivity index (χ0) is 15.7. The Balaban J connectivity index is 2.02. The van der Waals surface area contributed by atoms with Crippen LogP contribution in [0.2, 0.25) is 0 Å². The number of benzene rings is 2. The Morgan fingerprint density at radius 1 is 1.23 bits per heavy atom. The molecule has 3 rings (SSSR count). The third-order valence-electron chi connectivity index (χ3n) is 3.68. The van der Waals surface area contributed by atoms with Gasteiger partial charge in [0, 0.05) is 6.54 Å². The van der Waals surface area contributed by atoms with Gasteiger partial charge in [0.1, 0.15) is 6.10 Å². The second-order valence-corrected chi connectivity index (χ2v) is 5.97. The highest BCUT2D eigenvalue weighted by Gasteiger charge is 2.13. The largest absolute Gasteiger partial charge is 0.384 e. The van der Waals surface area contributed by atoms with E-state index in [-0.39, 0.29) is 4.87 Å². The van der Waals surface area contributed by atoms with E-state index in [0.29, 0.717) is 12.1 Å². The van der Waals surface area contributed by atoms with Crippen molar-refractivity contribution in [2.75, 3.05) is 0 Å². The average molecular weight is 310 g/mol. The molecule has 1 atom stereocenters. The van der Waals surface area contributed by atoms with Crippen molar-refractivity contribution in [1.82, 2.24) is 4.57 Å². The van der Waals surface area contributed by atoms with Crippen LogP contribution in [0.1, 0.15) is 29.7 Å². The van der Waals surface area contributed by atoms with Gasteiger partial charge in [-0.1, -0.05) is 29.5 Å². The highest BCUT2D eigenvalue weighted by molar-refractivity contribution is 7.16. The number of hydrogen-bond acceptors (Lipinski definition) is 4. The summed E-state index contributed by atoms with van der Waals surface area (Å²) in [7, 11) is 0. The van der Waals surface area contributed by atoms with Gasteiger partial charge in [0.2, 0.25) is 0 Å². The molecule has 1 heterocycles. The van der Waals surface area contributed by atoms with Gasteiger partial charge in [-0.2, -0.15) is 5.26 Å². The number of nitriles is 1.